The molecular weight excluding hydrogens is 517 g/mol. The highest BCUT2D eigenvalue weighted by Gasteiger charge is 2.30. The predicted octanol–water partition coefficient (Wildman–Crippen LogP) is 6.92. The van der Waals surface area contributed by atoms with Crippen LogP contribution in [0.2, 0.25) is 0 Å². The molecule has 0 saturated carbocycles. The summed E-state index contributed by atoms with van der Waals surface area (Å²) in [7, 11) is 0. The van der Waals surface area contributed by atoms with E-state index < -0.39 is 11.7 Å². The lowest BCUT2D eigenvalue weighted by Gasteiger charge is -2.26. The van der Waals surface area contributed by atoms with Crippen LogP contribution in [0.5, 0.6) is 0 Å². The largest absolute Gasteiger partial charge is 0.416 e. The van der Waals surface area contributed by atoms with Crippen molar-refractivity contribution in [2.45, 2.75) is 19.6 Å². The van der Waals surface area contributed by atoms with Crippen LogP contribution >= 0.6 is 23.1 Å². The number of thiazole rings is 1. The fourth-order valence-electron chi connectivity index (χ4n) is 4.33. The zero-order valence-electron chi connectivity index (χ0n) is 20.1. The molecule has 0 atom stereocenters. The number of aromatic nitrogens is 2. The summed E-state index contributed by atoms with van der Waals surface area (Å²) in [5.74, 6) is 1.88. The Morgan fingerprint density at radius 3 is 2.54 bits per heavy atom. The lowest BCUT2D eigenvalue weighted by molar-refractivity contribution is -0.137. The van der Waals surface area contributed by atoms with Crippen LogP contribution in [0.1, 0.15) is 27.2 Å². The zero-order valence-corrected chi connectivity index (χ0v) is 21.7. The van der Waals surface area contributed by atoms with E-state index in [2.05, 4.69) is 14.9 Å². The molecule has 2 aromatic carbocycles. The monoisotopic (exact) mass is 542 g/mol. The average Bonchev–Trinajstić information content (AvgIpc) is 3.49. The molecule has 5 rings (SSSR count). The van der Waals surface area contributed by atoms with Crippen LogP contribution in [-0.2, 0) is 12.7 Å². The van der Waals surface area contributed by atoms with Crippen LogP contribution in [-0.4, -0.2) is 45.0 Å². The second-order valence-electron chi connectivity index (χ2n) is 8.75. The quantitative estimate of drug-likeness (QED) is 0.287. The Balaban J connectivity index is 1.48. The summed E-state index contributed by atoms with van der Waals surface area (Å²) in [6.45, 7) is 3.97. The molecule has 37 heavy (non-hydrogen) atoms. The molecule has 10 heteroatoms. The topological polar surface area (TPSA) is 50.2 Å². The molecule has 3 heterocycles. The number of alkyl halides is 3. The second-order valence-corrected chi connectivity index (χ2v) is 10.8. The van der Waals surface area contributed by atoms with Gasteiger partial charge in [0.15, 0.2) is 5.13 Å². The van der Waals surface area contributed by atoms with Crippen LogP contribution in [0.3, 0.4) is 0 Å². The fraction of sp³-hybridized carbons (Fsp3) is 0.259. The van der Waals surface area contributed by atoms with Crippen molar-refractivity contribution in [2.75, 3.05) is 29.9 Å². The maximum Gasteiger partial charge on any atom is 0.416 e. The standard InChI is InChI=1S/C27H25F3N4OS2/c1-18-22(25(35)33-10-12-36-13-11-33)15-24(34(18)16-19-6-3-2-4-7-19)23-17-37-26(32-23)31-21-9-5-8-20(14-21)27(28,29)30/h2-9,14-15,17H,10-13,16H2,1H3,(H,31,32). The Bertz CT molecular complexity index is 1390. The number of nitrogens with one attached hydrogen (secondary N) is 1. The summed E-state index contributed by atoms with van der Waals surface area (Å²) < 4.78 is 41.4. The van der Waals surface area contributed by atoms with E-state index in [0.717, 1.165) is 53.7 Å². The summed E-state index contributed by atoms with van der Waals surface area (Å²) in [6.07, 6.45) is -4.42. The normalized spacial score (nSPS) is 14.1. The van der Waals surface area contributed by atoms with Gasteiger partial charge in [-0.05, 0) is 36.8 Å². The molecule has 0 spiro atoms. The van der Waals surface area contributed by atoms with Gasteiger partial charge in [-0.1, -0.05) is 36.4 Å². The maximum absolute atomic E-state index is 13.4. The number of thioether (sulfide) groups is 1. The van der Waals surface area contributed by atoms with Gasteiger partial charge in [-0.2, -0.15) is 24.9 Å². The van der Waals surface area contributed by atoms with Crippen molar-refractivity contribution < 1.29 is 18.0 Å². The third-order valence-corrected chi connectivity index (χ3v) is 7.99. The molecule has 1 aliphatic rings. The van der Waals surface area contributed by atoms with E-state index in [0.29, 0.717) is 28.6 Å². The van der Waals surface area contributed by atoms with Crippen molar-refractivity contribution in [1.29, 1.82) is 0 Å². The Morgan fingerprint density at radius 2 is 1.81 bits per heavy atom. The van der Waals surface area contributed by atoms with Crippen molar-refractivity contribution in [3.63, 3.8) is 0 Å². The predicted molar refractivity (Wildman–Crippen MR) is 144 cm³/mol. The Morgan fingerprint density at radius 1 is 1.05 bits per heavy atom. The summed E-state index contributed by atoms with van der Waals surface area (Å²) in [6, 6.07) is 16.9. The smallest absolute Gasteiger partial charge is 0.338 e. The summed E-state index contributed by atoms with van der Waals surface area (Å²) in [5, 5.41) is 5.32. The average molecular weight is 543 g/mol. The lowest BCUT2D eigenvalue weighted by atomic mass is 10.2. The van der Waals surface area contributed by atoms with E-state index in [1.807, 2.05) is 65.4 Å². The van der Waals surface area contributed by atoms with Crippen LogP contribution in [0.15, 0.2) is 66.0 Å². The first-order valence-electron chi connectivity index (χ1n) is 11.8. The van der Waals surface area contributed by atoms with E-state index in [4.69, 9.17) is 0 Å². The van der Waals surface area contributed by atoms with Gasteiger partial charge in [-0.3, -0.25) is 4.79 Å². The molecule has 1 amide bonds. The van der Waals surface area contributed by atoms with Crippen molar-refractivity contribution in [1.82, 2.24) is 14.5 Å². The van der Waals surface area contributed by atoms with Crippen LogP contribution in [0, 0.1) is 6.92 Å². The number of amides is 1. The van der Waals surface area contributed by atoms with Crippen molar-refractivity contribution in [3.8, 4) is 11.4 Å². The highest BCUT2D eigenvalue weighted by Crippen LogP contribution is 2.34. The molecule has 2 aromatic heterocycles. The summed E-state index contributed by atoms with van der Waals surface area (Å²) >= 11 is 3.16. The van der Waals surface area contributed by atoms with E-state index >= 15 is 0 Å². The second kappa shape index (κ2) is 10.6. The summed E-state index contributed by atoms with van der Waals surface area (Å²) in [4.78, 5) is 20.0. The third kappa shape index (κ3) is 5.70. The van der Waals surface area contributed by atoms with Crippen molar-refractivity contribution in [2.24, 2.45) is 0 Å². The van der Waals surface area contributed by atoms with E-state index in [9.17, 15) is 18.0 Å². The number of carbonyl (C=O) groups excluding carboxylic acids is 1. The van der Waals surface area contributed by atoms with Crippen LogP contribution in [0.4, 0.5) is 24.0 Å². The number of benzene rings is 2. The number of nitrogens with zero attached hydrogens (tertiary/aromatic N) is 3. The SMILES string of the molecule is Cc1c(C(=O)N2CCSCC2)cc(-c2csc(Nc3cccc(C(F)(F)F)c3)n2)n1Cc1ccccc1. The van der Waals surface area contributed by atoms with Crippen molar-refractivity contribution in [3.05, 3.63) is 88.4 Å². The molecule has 0 unspecified atom stereocenters. The number of hydrogen-bond donors (Lipinski definition) is 1. The van der Waals surface area contributed by atoms with Crippen molar-refractivity contribution >= 4 is 39.8 Å². The summed E-state index contributed by atoms with van der Waals surface area (Å²) in [5.41, 5.74) is 3.65. The van der Waals surface area contributed by atoms with Gasteiger partial charge in [0.2, 0.25) is 0 Å². The highest BCUT2D eigenvalue weighted by atomic mass is 32.2. The molecule has 1 saturated heterocycles. The van der Waals surface area contributed by atoms with E-state index in [1.165, 1.54) is 17.4 Å². The van der Waals surface area contributed by atoms with E-state index in [-0.39, 0.29) is 5.91 Å². The van der Waals surface area contributed by atoms with E-state index in [1.54, 1.807) is 6.07 Å². The third-order valence-electron chi connectivity index (χ3n) is 6.29. The minimum absolute atomic E-state index is 0.0170. The van der Waals surface area contributed by atoms with Gasteiger partial charge in [-0.15, -0.1) is 11.3 Å². The molecule has 0 bridgehead atoms. The van der Waals surface area contributed by atoms with Gasteiger partial charge in [0, 0.05) is 47.9 Å². The minimum Gasteiger partial charge on any atom is -0.338 e. The Hall–Kier alpha value is -3.24. The number of hydrogen-bond acceptors (Lipinski definition) is 5. The van der Waals surface area contributed by atoms with Crippen LogP contribution < -0.4 is 5.32 Å². The first-order chi connectivity index (χ1) is 17.8. The molecule has 0 aliphatic carbocycles. The number of anilines is 2. The van der Waals surface area contributed by atoms with Gasteiger partial charge in [0.25, 0.3) is 5.91 Å². The molecule has 1 fully saturated rings. The number of rotatable bonds is 6. The first-order valence-corrected chi connectivity index (χ1v) is 13.8. The van der Waals surface area contributed by atoms with Gasteiger partial charge in [0.1, 0.15) is 0 Å². The minimum atomic E-state index is -4.42. The molecular formula is C27H25F3N4OS2. The lowest BCUT2D eigenvalue weighted by Crippen LogP contribution is -2.38. The molecule has 192 valence electrons. The van der Waals surface area contributed by atoms with Gasteiger partial charge in [0.05, 0.1) is 22.5 Å². The van der Waals surface area contributed by atoms with Gasteiger partial charge < -0.3 is 14.8 Å². The maximum atomic E-state index is 13.4. The molecule has 0 radical (unpaired) electrons. The highest BCUT2D eigenvalue weighted by molar-refractivity contribution is 7.99. The Labute approximate surface area is 221 Å². The van der Waals surface area contributed by atoms with Crippen LogP contribution in [0.25, 0.3) is 11.4 Å². The van der Waals surface area contributed by atoms with Gasteiger partial charge in [-0.25, -0.2) is 4.98 Å². The van der Waals surface area contributed by atoms with Gasteiger partial charge >= 0.3 is 6.18 Å². The first kappa shape index (κ1) is 25.4. The molecule has 4 aromatic rings. The molecule has 1 aliphatic heterocycles. The molecule has 5 nitrogen and oxygen atoms in total. The number of halogens is 3. The number of carbonyl (C=O) groups is 1. The Kier molecular flexibility index (Phi) is 7.30. The molecule has 1 N–H and O–H groups in total. The fourth-order valence-corrected chi connectivity index (χ4v) is 5.95. The zero-order chi connectivity index (χ0) is 26.0.